The van der Waals surface area contributed by atoms with E-state index in [9.17, 15) is 14.9 Å². The van der Waals surface area contributed by atoms with E-state index in [2.05, 4.69) is 23.8 Å². The van der Waals surface area contributed by atoms with Gasteiger partial charge < -0.3 is 38.7 Å². The van der Waals surface area contributed by atoms with Crippen LogP contribution in [0.2, 0.25) is 0 Å². The molecule has 2 heterocycles. The van der Waals surface area contributed by atoms with Crippen LogP contribution in [-0.4, -0.2) is 91.2 Å². The first-order chi connectivity index (χ1) is 18.2. The SMILES string of the molecule is COc1cc(OCCO[N+](=O)[O-])ccc1C(=O)O[C@@H](CNC(C)(C)C)COc1nsnc1N1CCOCC1. The van der Waals surface area contributed by atoms with Crippen LogP contribution in [0.1, 0.15) is 31.1 Å². The van der Waals surface area contributed by atoms with Gasteiger partial charge >= 0.3 is 5.97 Å². The third-order valence-electron chi connectivity index (χ3n) is 5.23. The van der Waals surface area contributed by atoms with E-state index in [4.69, 9.17) is 23.7 Å². The van der Waals surface area contributed by atoms with Crippen LogP contribution in [0.15, 0.2) is 18.2 Å². The fourth-order valence-electron chi connectivity index (χ4n) is 3.38. The lowest BCUT2D eigenvalue weighted by molar-refractivity contribution is -0.757. The van der Waals surface area contributed by atoms with E-state index in [0.717, 1.165) is 11.7 Å². The molecule has 210 valence electrons. The summed E-state index contributed by atoms with van der Waals surface area (Å²) < 4.78 is 36.6. The molecule has 1 aliphatic heterocycles. The molecule has 1 saturated heterocycles. The van der Waals surface area contributed by atoms with Crippen molar-refractivity contribution in [3.63, 3.8) is 0 Å². The number of rotatable bonds is 14. The molecule has 3 rings (SSSR count). The monoisotopic (exact) mass is 555 g/mol. The maximum absolute atomic E-state index is 13.1. The van der Waals surface area contributed by atoms with E-state index >= 15 is 0 Å². The summed E-state index contributed by atoms with van der Waals surface area (Å²) in [6.45, 7) is 8.70. The number of aromatic nitrogens is 2. The van der Waals surface area contributed by atoms with Gasteiger partial charge in [0.2, 0.25) is 5.82 Å². The fraction of sp³-hybridized carbons (Fsp3) is 0.609. The van der Waals surface area contributed by atoms with Crippen LogP contribution in [0.25, 0.3) is 0 Å². The van der Waals surface area contributed by atoms with Gasteiger partial charge in [-0.2, -0.15) is 4.37 Å². The predicted molar refractivity (Wildman–Crippen MR) is 137 cm³/mol. The average Bonchev–Trinajstić information content (AvgIpc) is 3.36. The molecule has 2 aromatic rings. The lowest BCUT2D eigenvalue weighted by Crippen LogP contribution is -2.44. The van der Waals surface area contributed by atoms with Crippen molar-refractivity contribution < 1.29 is 38.4 Å². The Labute approximate surface area is 224 Å². The van der Waals surface area contributed by atoms with Crippen molar-refractivity contribution in [2.45, 2.75) is 32.4 Å². The molecule has 0 spiro atoms. The molecular weight excluding hydrogens is 522 g/mol. The smallest absolute Gasteiger partial charge is 0.342 e. The Morgan fingerprint density at radius 2 is 2.00 bits per heavy atom. The molecule has 1 fully saturated rings. The zero-order valence-corrected chi connectivity index (χ0v) is 22.7. The summed E-state index contributed by atoms with van der Waals surface area (Å²) >= 11 is 1.05. The summed E-state index contributed by atoms with van der Waals surface area (Å²) in [5.74, 6) is 0.997. The molecule has 14 nitrogen and oxygen atoms in total. The summed E-state index contributed by atoms with van der Waals surface area (Å²) in [6.07, 6.45) is -0.652. The van der Waals surface area contributed by atoms with Crippen LogP contribution < -0.4 is 24.4 Å². The van der Waals surface area contributed by atoms with Gasteiger partial charge in [-0.05, 0) is 32.9 Å². The summed E-state index contributed by atoms with van der Waals surface area (Å²) in [5.41, 5.74) is -0.0343. The Morgan fingerprint density at radius 1 is 1.24 bits per heavy atom. The minimum Gasteiger partial charge on any atom is -0.496 e. The van der Waals surface area contributed by atoms with Crippen LogP contribution in [0.5, 0.6) is 17.4 Å². The van der Waals surface area contributed by atoms with Crippen molar-refractivity contribution >= 4 is 23.5 Å². The van der Waals surface area contributed by atoms with Gasteiger partial charge in [-0.3, -0.25) is 0 Å². The normalized spacial score (nSPS) is 14.5. The summed E-state index contributed by atoms with van der Waals surface area (Å²) in [4.78, 5) is 29.6. The summed E-state index contributed by atoms with van der Waals surface area (Å²) in [6, 6.07) is 4.54. The van der Waals surface area contributed by atoms with Crippen molar-refractivity contribution in [2.24, 2.45) is 0 Å². The molecule has 0 bridgehead atoms. The van der Waals surface area contributed by atoms with Gasteiger partial charge in [0, 0.05) is 31.2 Å². The fourth-order valence-corrected chi connectivity index (χ4v) is 3.90. The first-order valence-corrected chi connectivity index (χ1v) is 12.7. The quantitative estimate of drug-likeness (QED) is 0.156. The number of anilines is 1. The van der Waals surface area contributed by atoms with Crippen LogP contribution in [0.3, 0.4) is 0 Å². The molecule has 1 N–H and O–H groups in total. The first kappa shape index (κ1) is 29.1. The Balaban J connectivity index is 1.66. The van der Waals surface area contributed by atoms with Crippen molar-refractivity contribution in [3.05, 3.63) is 33.9 Å². The number of carbonyl (C=O) groups excluding carboxylic acids is 1. The number of methoxy groups -OCH3 is 1. The molecule has 0 aliphatic carbocycles. The van der Waals surface area contributed by atoms with Crippen molar-refractivity contribution in [1.29, 1.82) is 0 Å². The van der Waals surface area contributed by atoms with Gasteiger partial charge in [-0.25, -0.2) is 4.79 Å². The Kier molecular flexibility index (Phi) is 10.7. The average molecular weight is 556 g/mol. The van der Waals surface area contributed by atoms with Crippen LogP contribution in [0.4, 0.5) is 5.82 Å². The number of carbonyl (C=O) groups is 1. The molecule has 15 heteroatoms. The third-order valence-corrected chi connectivity index (χ3v) is 5.74. The zero-order chi connectivity index (χ0) is 27.5. The second-order valence-electron chi connectivity index (χ2n) is 9.23. The molecule has 1 aromatic carbocycles. The van der Waals surface area contributed by atoms with Gasteiger partial charge in [0.05, 0.1) is 32.1 Å². The number of hydrogen-bond acceptors (Lipinski definition) is 14. The number of benzene rings is 1. The van der Waals surface area contributed by atoms with Crippen LogP contribution >= 0.6 is 11.7 Å². The highest BCUT2D eigenvalue weighted by molar-refractivity contribution is 6.99. The van der Waals surface area contributed by atoms with Gasteiger partial charge in [0.25, 0.3) is 11.0 Å². The Morgan fingerprint density at radius 3 is 2.68 bits per heavy atom. The lowest BCUT2D eigenvalue weighted by Gasteiger charge is -2.27. The minimum absolute atomic E-state index is 0.0519. The topological polar surface area (TPSA) is 157 Å². The molecule has 1 aromatic heterocycles. The number of morpholine rings is 1. The van der Waals surface area contributed by atoms with Crippen LogP contribution in [-0.2, 0) is 14.3 Å². The highest BCUT2D eigenvalue weighted by Crippen LogP contribution is 2.28. The van der Waals surface area contributed by atoms with Gasteiger partial charge in [-0.15, -0.1) is 14.5 Å². The van der Waals surface area contributed by atoms with E-state index in [1.54, 1.807) is 6.07 Å². The van der Waals surface area contributed by atoms with Crippen LogP contribution in [0, 0.1) is 10.1 Å². The highest BCUT2D eigenvalue weighted by Gasteiger charge is 2.25. The molecule has 0 radical (unpaired) electrons. The maximum Gasteiger partial charge on any atom is 0.342 e. The van der Waals surface area contributed by atoms with Crippen molar-refractivity contribution in [1.82, 2.24) is 14.1 Å². The molecule has 0 saturated carbocycles. The highest BCUT2D eigenvalue weighted by atomic mass is 32.1. The number of nitrogens with one attached hydrogen (secondary N) is 1. The second-order valence-corrected chi connectivity index (χ2v) is 9.76. The number of nitrogens with zero attached hydrogens (tertiary/aromatic N) is 4. The molecular formula is C23H33N5O9S. The summed E-state index contributed by atoms with van der Waals surface area (Å²) in [7, 11) is 1.41. The predicted octanol–water partition coefficient (Wildman–Crippen LogP) is 1.96. The summed E-state index contributed by atoms with van der Waals surface area (Å²) in [5, 5.41) is 12.7. The zero-order valence-electron chi connectivity index (χ0n) is 21.8. The largest absolute Gasteiger partial charge is 0.496 e. The van der Waals surface area contributed by atoms with E-state index in [-0.39, 0.29) is 36.7 Å². The molecule has 1 aliphatic rings. The standard InChI is InChI=1S/C23H33N5O9S/c1-23(2,3)24-14-17(15-35-21-20(25-38-26-21)27-7-9-33-10-8-27)37-22(29)18-6-5-16(13-19(18)32-4)34-11-12-36-28(30)31/h5-6,13,17,24H,7-12,14-15H2,1-4H3/t17-/m0/s1. The third kappa shape index (κ3) is 9.15. The number of esters is 1. The van der Waals surface area contributed by atoms with E-state index in [1.165, 1.54) is 19.2 Å². The maximum atomic E-state index is 13.1. The van der Waals surface area contributed by atoms with E-state index < -0.39 is 17.2 Å². The number of hydrogen-bond donors (Lipinski definition) is 1. The van der Waals surface area contributed by atoms with Gasteiger partial charge in [0.15, 0.2) is 0 Å². The molecule has 1 atom stereocenters. The Hall–Kier alpha value is -3.43. The second kappa shape index (κ2) is 13.9. The van der Waals surface area contributed by atoms with Crippen molar-refractivity contribution in [2.75, 3.05) is 64.7 Å². The van der Waals surface area contributed by atoms with E-state index in [0.29, 0.717) is 50.3 Å². The lowest BCUT2D eigenvalue weighted by atomic mass is 10.1. The van der Waals surface area contributed by atoms with Gasteiger partial charge in [-0.1, -0.05) is 0 Å². The molecule has 0 amide bonds. The molecule has 0 unspecified atom stereocenters. The minimum atomic E-state index is -0.897. The van der Waals surface area contributed by atoms with E-state index in [1.807, 2.05) is 20.8 Å². The Bertz CT molecular complexity index is 1060. The number of ether oxygens (including phenoxy) is 5. The van der Waals surface area contributed by atoms with Gasteiger partial charge in [0.1, 0.15) is 43.0 Å². The molecule has 38 heavy (non-hydrogen) atoms. The first-order valence-electron chi connectivity index (χ1n) is 12.0. The van der Waals surface area contributed by atoms with Crippen molar-refractivity contribution in [3.8, 4) is 17.4 Å².